The van der Waals surface area contributed by atoms with Crippen LogP contribution in [-0.2, 0) is 18.0 Å². The molecule has 0 amide bonds. The van der Waals surface area contributed by atoms with Crippen LogP contribution in [0.3, 0.4) is 0 Å². The highest BCUT2D eigenvalue weighted by Gasteiger charge is 2.17. The van der Waals surface area contributed by atoms with E-state index in [1.165, 1.54) is 22.3 Å². The number of ether oxygens (including phenoxy) is 1. The van der Waals surface area contributed by atoms with Gasteiger partial charge in [0, 0.05) is 8.95 Å². The van der Waals surface area contributed by atoms with Crippen molar-refractivity contribution in [1.82, 2.24) is 5.32 Å². The van der Waals surface area contributed by atoms with Gasteiger partial charge in [-0.1, -0.05) is 50.1 Å². The molecule has 3 rings (SSSR count). The molecule has 1 N–H and O–H groups in total. The van der Waals surface area contributed by atoms with Crippen molar-refractivity contribution in [3.8, 4) is 0 Å². The number of fused-ring (bicyclic) bond motifs is 1. The number of benzene rings is 2. The van der Waals surface area contributed by atoms with E-state index in [2.05, 4.69) is 67.5 Å². The minimum Gasteiger partial charge on any atom is -0.372 e. The monoisotopic (exact) mass is 395 g/mol. The Hall–Kier alpha value is -0.680. The smallest absolute Gasteiger partial charge is 0.0725 e. The van der Waals surface area contributed by atoms with E-state index in [1.807, 2.05) is 13.1 Å². The zero-order valence-corrected chi connectivity index (χ0v) is 14.3. The molecule has 1 aliphatic rings. The molecule has 0 aromatic heterocycles. The normalized spacial score (nSPS) is 15.2. The summed E-state index contributed by atoms with van der Waals surface area (Å²) in [6.45, 7) is 1.46. The van der Waals surface area contributed by atoms with E-state index in [0.717, 1.165) is 22.2 Å². The molecule has 4 heteroatoms. The first kappa shape index (κ1) is 14.3. The minimum atomic E-state index is 0.176. The van der Waals surface area contributed by atoms with E-state index in [9.17, 15) is 0 Å². The van der Waals surface area contributed by atoms with Crippen molar-refractivity contribution in [1.29, 1.82) is 0 Å². The summed E-state index contributed by atoms with van der Waals surface area (Å²) in [5.41, 5.74) is 5.10. The Labute approximate surface area is 135 Å². The average Bonchev–Trinajstić information content (AvgIpc) is 2.86. The largest absolute Gasteiger partial charge is 0.372 e. The maximum atomic E-state index is 5.49. The fourth-order valence-corrected chi connectivity index (χ4v) is 3.97. The van der Waals surface area contributed by atoms with Gasteiger partial charge in [-0.05, 0) is 47.5 Å². The van der Waals surface area contributed by atoms with Gasteiger partial charge < -0.3 is 10.1 Å². The zero-order valence-electron chi connectivity index (χ0n) is 11.1. The average molecular weight is 397 g/mol. The Bertz CT molecular complexity index is 622. The van der Waals surface area contributed by atoms with Gasteiger partial charge in [0.1, 0.15) is 0 Å². The molecule has 0 radical (unpaired) electrons. The van der Waals surface area contributed by atoms with Crippen molar-refractivity contribution in [2.24, 2.45) is 0 Å². The number of rotatable bonds is 3. The van der Waals surface area contributed by atoms with E-state index in [4.69, 9.17) is 4.74 Å². The summed E-state index contributed by atoms with van der Waals surface area (Å²) >= 11 is 7.11. The van der Waals surface area contributed by atoms with Crippen LogP contribution in [0.2, 0.25) is 0 Å². The Morgan fingerprint density at radius 3 is 2.35 bits per heavy atom. The Morgan fingerprint density at radius 1 is 0.950 bits per heavy atom. The summed E-state index contributed by atoms with van der Waals surface area (Å²) in [5.74, 6) is 0. The van der Waals surface area contributed by atoms with Crippen LogP contribution < -0.4 is 5.32 Å². The topological polar surface area (TPSA) is 21.3 Å². The van der Waals surface area contributed by atoms with Gasteiger partial charge in [0.05, 0.1) is 19.3 Å². The highest BCUT2D eigenvalue weighted by molar-refractivity contribution is 9.11. The van der Waals surface area contributed by atoms with E-state index in [0.29, 0.717) is 0 Å². The third kappa shape index (κ3) is 2.84. The predicted molar refractivity (Wildman–Crippen MR) is 87.7 cm³/mol. The SMILES string of the molecule is CNC(c1cc(Br)cc(Br)c1)c1ccc2c(c1)COC2. The highest BCUT2D eigenvalue weighted by Crippen LogP contribution is 2.30. The van der Waals surface area contributed by atoms with Crippen LogP contribution in [0.15, 0.2) is 45.3 Å². The van der Waals surface area contributed by atoms with E-state index in [-0.39, 0.29) is 6.04 Å². The third-order valence-electron chi connectivity index (χ3n) is 3.59. The van der Waals surface area contributed by atoms with Crippen molar-refractivity contribution in [3.05, 3.63) is 67.6 Å². The molecule has 1 unspecified atom stereocenters. The number of hydrogen-bond donors (Lipinski definition) is 1. The van der Waals surface area contributed by atoms with Crippen molar-refractivity contribution >= 4 is 31.9 Å². The molecule has 20 heavy (non-hydrogen) atoms. The molecule has 0 bridgehead atoms. The second kappa shape index (κ2) is 5.98. The van der Waals surface area contributed by atoms with Gasteiger partial charge in [0.15, 0.2) is 0 Å². The summed E-state index contributed by atoms with van der Waals surface area (Å²) in [6.07, 6.45) is 0. The van der Waals surface area contributed by atoms with Crippen molar-refractivity contribution in [2.75, 3.05) is 7.05 Å². The number of halogens is 2. The molecule has 0 fully saturated rings. The summed E-state index contributed by atoms with van der Waals surface area (Å²) in [4.78, 5) is 0. The van der Waals surface area contributed by atoms with Crippen LogP contribution in [0.5, 0.6) is 0 Å². The van der Waals surface area contributed by atoms with Crippen LogP contribution in [-0.4, -0.2) is 7.05 Å². The molecule has 0 saturated carbocycles. The molecule has 2 nitrogen and oxygen atoms in total. The molecule has 0 saturated heterocycles. The molecule has 1 heterocycles. The van der Waals surface area contributed by atoms with Crippen LogP contribution in [0.4, 0.5) is 0 Å². The Kier molecular flexibility index (Phi) is 4.26. The van der Waals surface area contributed by atoms with Crippen LogP contribution in [0.25, 0.3) is 0 Å². The number of hydrogen-bond acceptors (Lipinski definition) is 2. The lowest BCUT2D eigenvalue weighted by Crippen LogP contribution is -2.18. The van der Waals surface area contributed by atoms with Gasteiger partial charge in [-0.15, -0.1) is 0 Å². The maximum Gasteiger partial charge on any atom is 0.0725 e. The molecular formula is C16H15Br2NO. The molecule has 2 aromatic carbocycles. The van der Waals surface area contributed by atoms with Gasteiger partial charge >= 0.3 is 0 Å². The second-order valence-electron chi connectivity index (χ2n) is 4.95. The van der Waals surface area contributed by atoms with E-state index in [1.54, 1.807) is 0 Å². The van der Waals surface area contributed by atoms with Crippen molar-refractivity contribution < 1.29 is 4.74 Å². The van der Waals surface area contributed by atoms with Gasteiger partial charge in [-0.3, -0.25) is 0 Å². The van der Waals surface area contributed by atoms with E-state index >= 15 is 0 Å². The molecule has 0 spiro atoms. The molecule has 104 valence electrons. The molecule has 1 atom stereocenters. The predicted octanol–water partition coefficient (Wildman–Crippen LogP) is 4.55. The van der Waals surface area contributed by atoms with Gasteiger partial charge in [-0.2, -0.15) is 0 Å². The van der Waals surface area contributed by atoms with Gasteiger partial charge in [-0.25, -0.2) is 0 Å². The van der Waals surface area contributed by atoms with Gasteiger partial charge in [0.2, 0.25) is 0 Å². The Balaban J connectivity index is 2.01. The lowest BCUT2D eigenvalue weighted by Gasteiger charge is -2.19. The zero-order chi connectivity index (χ0) is 14.1. The second-order valence-corrected chi connectivity index (χ2v) is 6.78. The standard InChI is InChI=1S/C16H15Br2NO/c1-19-16(12-5-14(17)7-15(18)6-12)10-2-3-11-8-20-9-13(11)4-10/h2-7,16,19H,8-9H2,1H3. The third-order valence-corrected chi connectivity index (χ3v) is 4.50. The van der Waals surface area contributed by atoms with Crippen LogP contribution >= 0.6 is 31.9 Å². The lowest BCUT2D eigenvalue weighted by atomic mass is 9.96. The van der Waals surface area contributed by atoms with Crippen molar-refractivity contribution in [2.45, 2.75) is 19.3 Å². The fraction of sp³-hybridized carbons (Fsp3) is 0.250. The highest BCUT2D eigenvalue weighted by atomic mass is 79.9. The summed E-state index contributed by atoms with van der Waals surface area (Å²) in [7, 11) is 1.99. The number of nitrogens with one attached hydrogen (secondary N) is 1. The summed E-state index contributed by atoms with van der Waals surface area (Å²) in [6, 6.07) is 13.1. The minimum absolute atomic E-state index is 0.176. The van der Waals surface area contributed by atoms with Crippen molar-refractivity contribution in [3.63, 3.8) is 0 Å². The molecular weight excluding hydrogens is 382 g/mol. The van der Waals surface area contributed by atoms with Gasteiger partial charge in [0.25, 0.3) is 0 Å². The first-order valence-electron chi connectivity index (χ1n) is 6.50. The Morgan fingerprint density at radius 2 is 1.65 bits per heavy atom. The molecule has 1 aliphatic heterocycles. The first-order chi connectivity index (χ1) is 9.67. The summed E-state index contributed by atoms with van der Waals surface area (Å²) in [5, 5.41) is 3.40. The molecule has 0 aliphatic carbocycles. The summed E-state index contributed by atoms with van der Waals surface area (Å²) < 4.78 is 7.64. The lowest BCUT2D eigenvalue weighted by molar-refractivity contribution is 0.134. The maximum absolute atomic E-state index is 5.49. The van der Waals surface area contributed by atoms with Crippen LogP contribution in [0.1, 0.15) is 28.3 Å². The fourth-order valence-electron chi connectivity index (χ4n) is 2.64. The molecule has 2 aromatic rings. The van der Waals surface area contributed by atoms with E-state index < -0.39 is 0 Å². The van der Waals surface area contributed by atoms with Crippen LogP contribution in [0, 0.1) is 0 Å². The first-order valence-corrected chi connectivity index (χ1v) is 8.08. The quantitative estimate of drug-likeness (QED) is 0.821.